The molecule has 0 saturated heterocycles. The molecule has 0 heterocycles. The molecule has 2 N–H and O–H groups in total. The summed E-state index contributed by atoms with van der Waals surface area (Å²) in [4.78, 5) is 25.3. The van der Waals surface area contributed by atoms with E-state index < -0.39 is 5.91 Å². The first kappa shape index (κ1) is 20.3. The summed E-state index contributed by atoms with van der Waals surface area (Å²) in [6.45, 7) is 1.04. The standard InChI is InChI=1S/C20H24N2O5/c1-25-13-7-12-21-19(23)14-8-4-5-9-15(14)22-20(24)18-16(26-2)10-6-11-17(18)27-3/h4-6,8-11H,7,12-13H2,1-3H3,(H,21,23)(H,22,24). The second kappa shape index (κ2) is 10.2. The van der Waals surface area contributed by atoms with Crippen LogP contribution in [0, 0.1) is 0 Å². The lowest BCUT2D eigenvalue weighted by atomic mass is 10.1. The van der Waals surface area contributed by atoms with Crippen molar-refractivity contribution in [2.75, 3.05) is 39.8 Å². The number of anilines is 1. The number of para-hydroxylation sites is 1. The summed E-state index contributed by atoms with van der Waals surface area (Å²) >= 11 is 0. The molecule has 0 atom stereocenters. The average molecular weight is 372 g/mol. The minimum atomic E-state index is -0.427. The third-order valence-electron chi connectivity index (χ3n) is 3.89. The molecule has 0 unspecified atom stereocenters. The minimum Gasteiger partial charge on any atom is -0.496 e. The third-order valence-corrected chi connectivity index (χ3v) is 3.89. The molecule has 0 aliphatic carbocycles. The Balaban J connectivity index is 2.21. The fourth-order valence-electron chi connectivity index (χ4n) is 2.56. The molecule has 0 radical (unpaired) electrons. The second-order valence-corrected chi connectivity index (χ2v) is 5.64. The van der Waals surface area contributed by atoms with Crippen LogP contribution in [0.4, 0.5) is 5.69 Å². The molecule has 27 heavy (non-hydrogen) atoms. The maximum atomic E-state index is 12.8. The van der Waals surface area contributed by atoms with Gasteiger partial charge in [-0.05, 0) is 30.7 Å². The van der Waals surface area contributed by atoms with Crippen LogP contribution in [-0.2, 0) is 4.74 Å². The molecule has 0 bridgehead atoms. The number of carbonyl (C=O) groups is 2. The van der Waals surface area contributed by atoms with E-state index in [-0.39, 0.29) is 11.5 Å². The highest BCUT2D eigenvalue weighted by Gasteiger charge is 2.20. The van der Waals surface area contributed by atoms with Crippen molar-refractivity contribution >= 4 is 17.5 Å². The Morgan fingerprint density at radius 3 is 2.19 bits per heavy atom. The van der Waals surface area contributed by atoms with Crippen LogP contribution in [-0.4, -0.2) is 46.3 Å². The number of hydrogen-bond acceptors (Lipinski definition) is 5. The van der Waals surface area contributed by atoms with Gasteiger partial charge in [0.1, 0.15) is 17.1 Å². The summed E-state index contributed by atoms with van der Waals surface area (Å²) < 4.78 is 15.5. The highest BCUT2D eigenvalue weighted by atomic mass is 16.5. The zero-order valence-electron chi connectivity index (χ0n) is 15.7. The number of carbonyl (C=O) groups excluding carboxylic acids is 2. The maximum absolute atomic E-state index is 12.8. The van der Waals surface area contributed by atoms with E-state index in [4.69, 9.17) is 14.2 Å². The summed E-state index contributed by atoms with van der Waals surface area (Å²) in [6.07, 6.45) is 0.704. The SMILES string of the molecule is COCCCNC(=O)c1ccccc1NC(=O)c1c(OC)cccc1OC. The summed E-state index contributed by atoms with van der Waals surface area (Å²) in [5.74, 6) is 0.0691. The highest BCUT2D eigenvalue weighted by Crippen LogP contribution is 2.29. The largest absolute Gasteiger partial charge is 0.496 e. The van der Waals surface area contributed by atoms with Gasteiger partial charge in [-0.1, -0.05) is 18.2 Å². The smallest absolute Gasteiger partial charge is 0.263 e. The first-order valence-electron chi connectivity index (χ1n) is 8.50. The van der Waals surface area contributed by atoms with Crippen LogP contribution in [0.25, 0.3) is 0 Å². The van der Waals surface area contributed by atoms with Crippen molar-refractivity contribution in [3.05, 3.63) is 53.6 Å². The number of amides is 2. The van der Waals surface area contributed by atoms with E-state index in [0.29, 0.717) is 42.3 Å². The van der Waals surface area contributed by atoms with Crippen LogP contribution in [0.3, 0.4) is 0 Å². The Bertz CT molecular complexity index is 769. The molecule has 7 nitrogen and oxygen atoms in total. The van der Waals surface area contributed by atoms with Gasteiger partial charge in [0.2, 0.25) is 0 Å². The van der Waals surface area contributed by atoms with Crippen molar-refractivity contribution in [3.8, 4) is 11.5 Å². The van der Waals surface area contributed by atoms with Crippen LogP contribution < -0.4 is 20.1 Å². The molecule has 7 heteroatoms. The number of methoxy groups -OCH3 is 3. The number of nitrogens with one attached hydrogen (secondary N) is 2. The molecule has 2 aromatic rings. The molecular weight excluding hydrogens is 348 g/mol. The van der Waals surface area contributed by atoms with E-state index in [1.165, 1.54) is 14.2 Å². The molecule has 2 aromatic carbocycles. The predicted molar refractivity (Wildman–Crippen MR) is 103 cm³/mol. The highest BCUT2D eigenvalue weighted by molar-refractivity contribution is 6.11. The quantitative estimate of drug-likeness (QED) is 0.661. The van der Waals surface area contributed by atoms with E-state index in [2.05, 4.69) is 10.6 Å². The number of ether oxygens (including phenoxy) is 3. The molecule has 0 fully saturated rings. The molecule has 0 aliphatic heterocycles. The summed E-state index contributed by atoms with van der Waals surface area (Å²) in [5.41, 5.74) is 1.04. The zero-order valence-corrected chi connectivity index (χ0v) is 15.7. The molecule has 0 aliphatic rings. The van der Waals surface area contributed by atoms with Gasteiger partial charge >= 0.3 is 0 Å². The molecule has 2 rings (SSSR count). The normalized spacial score (nSPS) is 10.2. The topological polar surface area (TPSA) is 85.9 Å². The number of rotatable bonds is 9. The third kappa shape index (κ3) is 5.21. The average Bonchev–Trinajstić information content (AvgIpc) is 2.70. The lowest BCUT2D eigenvalue weighted by molar-refractivity contribution is 0.0949. The Hall–Kier alpha value is -3.06. The Morgan fingerprint density at radius 2 is 1.56 bits per heavy atom. The zero-order chi connectivity index (χ0) is 19.6. The summed E-state index contributed by atoms with van der Waals surface area (Å²) in [6, 6.07) is 11.9. The van der Waals surface area contributed by atoms with Gasteiger partial charge in [-0.15, -0.1) is 0 Å². The van der Waals surface area contributed by atoms with Gasteiger partial charge in [-0.25, -0.2) is 0 Å². The maximum Gasteiger partial charge on any atom is 0.263 e. The fraction of sp³-hybridized carbons (Fsp3) is 0.300. The molecule has 2 amide bonds. The lowest BCUT2D eigenvalue weighted by Crippen LogP contribution is -2.27. The molecule has 0 spiro atoms. The van der Waals surface area contributed by atoms with E-state index >= 15 is 0 Å². The van der Waals surface area contributed by atoms with E-state index in [9.17, 15) is 9.59 Å². The van der Waals surface area contributed by atoms with Crippen LogP contribution >= 0.6 is 0 Å². The lowest BCUT2D eigenvalue weighted by Gasteiger charge is -2.15. The van der Waals surface area contributed by atoms with Crippen LogP contribution in [0.1, 0.15) is 27.1 Å². The van der Waals surface area contributed by atoms with Gasteiger partial charge in [0.15, 0.2) is 0 Å². The van der Waals surface area contributed by atoms with Crippen molar-refractivity contribution in [1.82, 2.24) is 5.32 Å². The van der Waals surface area contributed by atoms with Crippen LogP contribution in [0.2, 0.25) is 0 Å². The second-order valence-electron chi connectivity index (χ2n) is 5.64. The van der Waals surface area contributed by atoms with Crippen LogP contribution in [0.5, 0.6) is 11.5 Å². The first-order chi connectivity index (χ1) is 13.1. The van der Waals surface area contributed by atoms with Gasteiger partial charge in [0, 0.05) is 20.3 Å². The van der Waals surface area contributed by atoms with Crippen molar-refractivity contribution in [1.29, 1.82) is 0 Å². The Kier molecular flexibility index (Phi) is 7.63. The van der Waals surface area contributed by atoms with Gasteiger partial charge in [-0.3, -0.25) is 9.59 Å². The number of hydrogen-bond donors (Lipinski definition) is 2. The van der Waals surface area contributed by atoms with Gasteiger partial charge < -0.3 is 24.8 Å². The van der Waals surface area contributed by atoms with Gasteiger partial charge in [0.25, 0.3) is 11.8 Å². The summed E-state index contributed by atoms with van der Waals surface area (Å²) in [7, 11) is 4.57. The molecular formula is C20H24N2O5. The Labute approximate surface area is 158 Å². The fourth-order valence-corrected chi connectivity index (χ4v) is 2.56. The molecule has 0 saturated carbocycles. The van der Waals surface area contributed by atoms with Crippen molar-refractivity contribution in [2.24, 2.45) is 0 Å². The predicted octanol–water partition coefficient (Wildman–Crippen LogP) is 2.72. The minimum absolute atomic E-state index is 0.262. The van der Waals surface area contributed by atoms with E-state index in [1.54, 1.807) is 49.6 Å². The van der Waals surface area contributed by atoms with Gasteiger partial charge in [0.05, 0.1) is 25.5 Å². The summed E-state index contributed by atoms with van der Waals surface area (Å²) in [5, 5.41) is 5.59. The Morgan fingerprint density at radius 1 is 0.889 bits per heavy atom. The van der Waals surface area contributed by atoms with Crippen molar-refractivity contribution in [2.45, 2.75) is 6.42 Å². The van der Waals surface area contributed by atoms with Gasteiger partial charge in [-0.2, -0.15) is 0 Å². The van der Waals surface area contributed by atoms with Crippen LogP contribution in [0.15, 0.2) is 42.5 Å². The van der Waals surface area contributed by atoms with E-state index in [0.717, 1.165) is 0 Å². The van der Waals surface area contributed by atoms with Crippen molar-refractivity contribution in [3.63, 3.8) is 0 Å². The van der Waals surface area contributed by atoms with Crippen molar-refractivity contribution < 1.29 is 23.8 Å². The van der Waals surface area contributed by atoms with E-state index in [1.807, 2.05) is 0 Å². The molecule has 0 aromatic heterocycles. The monoisotopic (exact) mass is 372 g/mol. The molecule has 144 valence electrons. The number of benzene rings is 2. The first-order valence-corrected chi connectivity index (χ1v) is 8.50.